The Kier molecular flexibility index (Phi) is 6.32. The molecule has 1 aromatic rings. The van der Waals surface area contributed by atoms with Crippen LogP contribution in [-0.2, 0) is 16.1 Å². The van der Waals surface area contributed by atoms with Crippen LogP contribution in [0.3, 0.4) is 0 Å². The summed E-state index contributed by atoms with van der Waals surface area (Å²) >= 11 is 1.51. The third-order valence-electron chi connectivity index (χ3n) is 3.85. The van der Waals surface area contributed by atoms with Crippen molar-refractivity contribution in [3.63, 3.8) is 0 Å². The van der Waals surface area contributed by atoms with Crippen LogP contribution >= 0.6 is 11.8 Å². The largest absolute Gasteiger partial charge is 0.376 e. The van der Waals surface area contributed by atoms with E-state index in [1.807, 2.05) is 6.92 Å². The van der Waals surface area contributed by atoms with Crippen LogP contribution in [-0.4, -0.2) is 40.5 Å². The predicted octanol–water partition coefficient (Wildman–Crippen LogP) is 2.54. The van der Waals surface area contributed by atoms with Crippen molar-refractivity contribution in [1.82, 2.24) is 14.9 Å². The van der Waals surface area contributed by atoms with Gasteiger partial charge < -0.3 is 14.6 Å². The number of carbonyl (C=O) groups excluding carboxylic acids is 1. The number of carbonyl (C=O) groups is 1. The lowest BCUT2D eigenvalue weighted by atomic mass is 10.2. The molecule has 1 atom stereocenters. The molecule has 5 nitrogen and oxygen atoms in total. The molecule has 6 heteroatoms. The smallest absolute Gasteiger partial charge is 0.230 e. The van der Waals surface area contributed by atoms with Crippen molar-refractivity contribution in [3.8, 4) is 0 Å². The molecule has 1 fully saturated rings. The SMILES string of the molecule is Cc1nc(SCC(=O)NC[C@@H]2CCCO2)n(CC(C)C)c1C. The van der Waals surface area contributed by atoms with Crippen molar-refractivity contribution in [2.24, 2.45) is 5.92 Å². The fourth-order valence-electron chi connectivity index (χ4n) is 2.53. The van der Waals surface area contributed by atoms with Crippen molar-refractivity contribution in [2.45, 2.75) is 58.3 Å². The first kappa shape index (κ1) is 17.3. The van der Waals surface area contributed by atoms with Crippen LogP contribution in [0.1, 0.15) is 38.1 Å². The van der Waals surface area contributed by atoms with Crippen molar-refractivity contribution >= 4 is 17.7 Å². The van der Waals surface area contributed by atoms with Crippen molar-refractivity contribution < 1.29 is 9.53 Å². The van der Waals surface area contributed by atoms with E-state index in [4.69, 9.17) is 4.74 Å². The lowest BCUT2D eigenvalue weighted by molar-refractivity contribution is -0.119. The van der Waals surface area contributed by atoms with Gasteiger partial charge in [0.1, 0.15) is 0 Å². The number of nitrogens with zero attached hydrogens (tertiary/aromatic N) is 2. The first-order chi connectivity index (χ1) is 10.5. The Hall–Kier alpha value is -1.01. The van der Waals surface area contributed by atoms with E-state index in [1.165, 1.54) is 17.5 Å². The van der Waals surface area contributed by atoms with Crippen LogP contribution in [0.15, 0.2) is 5.16 Å². The minimum atomic E-state index is 0.0508. The molecule has 1 saturated heterocycles. The summed E-state index contributed by atoms with van der Waals surface area (Å²) in [5, 5.41) is 3.90. The molecule has 0 spiro atoms. The maximum atomic E-state index is 12.0. The zero-order chi connectivity index (χ0) is 16.1. The highest BCUT2D eigenvalue weighted by Crippen LogP contribution is 2.22. The summed E-state index contributed by atoms with van der Waals surface area (Å²) in [6.07, 6.45) is 2.34. The second kappa shape index (κ2) is 8.02. The van der Waals surface area contributed by atoms with Crippen LogP contribution in [0.5, 0.6) is 0 Å². The van der Waals surface area contributed by atoms with E-state index in [-0.39, 0.29) is 12.0 Å². The summed E-state index contributed by atoms with van der Waals surface area (Å²) in [6, 6.07) is 0. The molecule has 1 aromatic heterocycles. The van der Waals surface area contributed by atoms with Gasteiger partial charge in [-0.25, -0.2) is 4.98 Å². The number of aromatic nitrogens is 2. The van der Waals surface area contributed by atoms with Crippen molar-refractivity contribution in [1.29, 1.82) is 0 Å². The van der Waals surface area contributed by atoms with Gasteiger partial charge in [0.05, 0.1) is 17.6 Å². The molecule has 1 aliphatic heterocycles. The van der Waals surface area contributed by atoms with Crippen LogP contribution < -0.4 is 5.32 Å². The third kappa shape index (κ3) is 4.74. The molecule has 2 heterocycles. The fourth-order valence-corrected chi connectivity index (χ4v) is 3.46. The van der Waals surface area contributed by atoms with E-state index < -0.39 is 0 Å². The molecule has 1 amide bonds. The van der Waals surface area contributed by atoms with Gasteiger partial charge in [0.2, 0.25) is 5.91 Å². The van der Waals surface area contributed by atoms with Gasteiger partial charge >= 0.3 is 0 Å². The van der Waals surface area contributed by atoms with Gasteiger partial charge in [0.25, 0.3) is 0 Å². The Morgan fingerprint density at radius 3 is 2.91 bits per heavy atom. The van der Waals surface area contributed by atoms with E-state index in [0.29, 0.717) is 18.2 Å². The van der Waals surface area contributed by atoms with Gasteiger partial charge in [-0.3, -0.25) is 4.79 Å². The highest BCUT2D eigenvalue weighted by molar-refractivity contribution is 7.99. The summed E-state index contributed by atoms with van der Waals surface area (Å²) in [5.74, 6) is 1.01. The van der Waals surface area contributed by atoms with Gasteiger partial charge in [-0.15, -0.1) is 0 Å². The number of nitrogens with one attached hydrogen (secondary N) is 1. The molecule has 0 aromatic carbocycles. The van der Waals surface area contributed by atoms with E-state index >= 15 is 0 Å². The topological polar surface area (TPSA) is 56.1 Å². The van der Waals surface area contributed by atoms with Crippen LogP contribution in [0.2, 0.25) is 0 Å². The molecule has 0 bridgehead atoms. The Balaban J connectivity index is 1.84. The van der Waals surface area contributed by atoms with Crippen molar-refractivity contribution in [2.75, 3.05) is 18.9 Å². The van der Waals surface area contributed by atoms with E-state index in [9.17, 15) is 4.79 Å². The van der Waals surface area contributed by atoms with Crippen molar-refractivity contribution in [3.05, 3.63) is 11.4 Å². The lowest BCUT2D eigenvalue weighted by Gasteiger charge is -2.13. The maximum absolute atomic E-state index is 12.0. The summed E-state index contributed by atoms with van der Waals surface area (Å²) < 4.78 is 7.73. The standard InChI is InChI=1S/C16H27N3O2S/c1-11(2)9-19-13(4)12(3)18-16(19)22-10-15(20)17-8-14-6-5-7-21-14/h11,14H,5-10H2,1-4H3,(H,17,20)/t14-/m0/s1. The van der Waals surface area contributed by atoms with Gasteiger partial charge in [-0.2, -0.15) is 0 Å². The number of ether oxygens (including phenoxy) is 1. The molecule has 0 radical (unpaired) electrons. The van der Waals surface area contributed by atoms with Gasteiger partial charge in [-0.05, 0) is 32.6 Å². The summed E-state index contributed by atoms with van der Waals surface area (Å²) in [4.78, 5) is 16.6. The molecule has 124 valence electrons. The Labute approximate surface area is 137 Å². The van der Waals surface area contributed by atoms with E-state index in [0.717, 1.165) is 36.8 Å². The number of hydrogen-bond acceptors (Lipinski definition) is 4. The molecule has 0 saturated carbocycles. The molecule has 2 rings (SSSR count). The predicted molar refractivity (Wildman–Crippen MR) is 89.2 cm³/mol. The minimum Gasteiger partial charge on any atom is -0.376 e. The highest BCUT2D eigenvalue weighted by Gasteiger charge is 2.17. The highest BCUT2D eigenvalue weighted by atomic mass is 32.2. The molecule has 1 aliphatic rings. The summed E-state index contributed by atoms with van der Waals surface area (Å²) in [7, 11) is 0. The monoisotopic (exact) mass is 325 g/mol. The quantitative estimate of drug-likeness (QED) is 0.783. The second-order valence-corrected chi connectivity index (χ2v) is 7.24. The van der Waals surface area contributed by atoms with E-state index in [2.05, 4.69) is 35.6 Å². The van der Waals surface area contributed by atoms with E-state index in [1.54, 1.807) is 0 Å². The first-order valence-corrected chi connectivity index (χ1v) is 9.00. The zero-order valence-corrected chi connectivity index (χ0v) is 14.8. The molecule has 22 heavy (non-hydrogen) atoms. The van der Waals surface area contributed by atoms with Crippen LogP contribution in [0.4, 0.5) is 0 Å². The van der Waals surface area contributed by atoms with Gasteiger partial charge in [0.15, 0.2) is 5.16 Å². The number of imidazole rings is 1. The number of aryl methyl sites for hydroxylation is 1. The van der Waals surface area contributed by atoms with Gasteiger partial charge in [-0.1, -0.05) is 25.6 Å². The average molecular weight is 325 g/mol. The number of hydrogen-bond donors (Lipinski definition) is 1. The summed E-state index contributed by atoms with van der Waals surface area (Å²) in [5.41, 5.74) is 2.24. The normalized spacial score (nSPS) is 18.1. The molecular weight excluding hydrogens is 298 g/mol. The lowest BCUT2D eigenvalue weighted by Crippen LogP contribution is -2.33. The van der Waals surface area contributed by atoms with Crippen LogP contribution in [0, 0.1) is 19.8 Å². The number of thioether (sulfide) groups is 1. The second-order valence-electron chi connectivity index (χ2n) is 6.30. The average Bonchev–Trinajstić information content (AvgIpc) is 3.06. The zero-order valence-electron chi connectivity index (χ0n) is 14.0. The Morgan fingerprint density at radius 1 is 1.50 bits per heavy atom. The first-order valence-electron chi connectivity index (χ1n) is 8.02. The summed E-state index contributed by atoms with van der Waals surface area (Å²) in [6.45, 7) is 10.9. The van der Waals surface area contributed by atoms with Crippen LogP contribution in [0.25, 0.3) is 0 Å². The molecule has 0 unspecified atom stereocenters. The fraction of sp³-hybridized carbons (Fsp3) is 0.750. The van der Waals surface area contributed by atoms with Gasteiger partial charge in [0, 0.05) is 25.4 Å². The Bertz CT molecular complexity index is 508. The molecule has 1 N–H and O–H groups in total. The Morgan fingerprint density at radius 2 is 2.27 bits per heavy atom. The molecular formula is C16H27N3O2S. The number of rotatable bonds is 7. The maximum Gasteiger partial charge on any atom is 0.230 e. The third-order valence-corrected chi connectivity index (χ3v) is 4.83. The number of amides is 1. The minimum absolute atomic E-state index is 0.0508. The molecule has 0 aliphatic carbocycles.